The first-order valence-electron chi connectivity index (χ1n) is 5.95. The summed E-state index contributed by atoms with van der Waals surface area (Å²) in [6.07, 6.45) is 4.91. The van der Waals surface area contributed by atoms with E-state index in [1.807, 2.05) is 12.1 Å². The summed E-state index contributed by atoms with van der Waals surface area (Å²) in [4.78, 5) is 2.52. The van der Waals surface area contributed by atoms with Gasteiger partial charge in [-0.15, -0.1) is 0 Å². The van der Waals surface area contributed by atoms with Gasteiger partial charge in [0.25, 0.3) is 0 Å². The van der Waals surface area contributed by atoms with Gasteiger partial charge in [0.2, 0.25) is 0 Å². The standard InChI is InChI=1S/C13H18ClNO/c14-12-10-11(5-6-13(12)16)4-3-9-15-7-1-2-8-15/h5-6,10,16H,1-4,7-9H2. The molecule has 1 N–H and O–H groups in total. The topological polar surface area (TPSA) is 23.5 Å². The van der Waals surface area contributed by atoms with E-state index in [1.54, 1.807) is 6.07 Å². The van der Waals surface area contributed by atoms with E-state index in [-0.39, 0.29) is 5.75 Å². The Bertz CT molecular complexity index is 348. The lowest BCUT2D eigenvalue weighted by Gasteiger charge is -2.14. The van der Waals surface area contributed by atoms with Crippen molar-refractivity contribution in [2.75, 3.05) is 19.6 Å². The second kappa shape index (κ2) is 5.55. The van der Waals surface area contributed by atoms with E-state index in [0.717, 1.165) is 6.42 Å². The molecule has 0 radical (unpaired) electrons. The van der Waals surface area contributed by atoms with Crippen LogP contribution in [0, 0.1) is 0 Å². The zero-order valence-corrected chi connectivity index (χ0v) is 10.2. The van der Waals surface area contributed by atoms with E-state index < -0.39 is 0 Å². The number of halogens is 1. The van der Waals surface area contributed by atoms with Crippen LogP contribution in [-0.2, 0) is 6.42 Å². The van der Waals surface area contributed by atoms with E-state index in [4.69, 9.17) is 11.6 Å². The van der Waals surface area contributed by atoms with Crippen LogP contribution in [0.5, 0.6) is 5.75 Å². The summed E-state index contributed by atoms with van der Waals surface area (Å²) in [6, 6.07) is 5.49. The lowest BCUT2D eigenvalue weighted by Crippen LogP contribution is -2.20. The summed E-state index contributed by atoms with van der Waals surface area (Å²) in [7, 11) is 0. The third-order valence-corrected chi connectivity index (χ3v) is 3.45. The summed E-state index contributed by atoms with van der Waals surface area (Å²) >= 11 is 5.86. The van der Waals surface area contributed by atoms with Crippen LogP contribution in [0.2, 0.25) is 5.02 Å². The van der Waals surface area contributed by atoms with Crippen molar-refractivity contribution in [3.63, 3.8) is 0 Å². The molecule has 1 aliphatic rings. The zero-order chi connectivity index (χ0) is 11.4. The Morgan fingerprint density at radius 2 is 2.00 bits per heavy atom. The number of phenolic OH excluding ortho intramolecular Hbond substituents is 1. The van der Waals surface area contributed by atoms with Crippen LogP contribution in [-0.4, -0.2) is 29.6 Å². The summed E-state index contributed by atoms with van der Waals surface area (Å²) in [5.41, 5.74) is 1.21. The largest absolute Gasteiger partial charge is 0.506 e. The molecule has 0 bridgehead atoms. The van der Waals surface area contributed by atoms with Crippen LogP contribution in [0.1, 0.15) is 24.8 Å². The molecule has 0 saturated carbocycles. The number of aromatic hydroxyl groups is 1. The van der Waals surface area contributed by atoms with Gasteiger partial charge in [-0.3, -0.25) is 0 Å². The second-order valence-corrected chi connectivity index (χ2v) is 4.85. The number of nitrogens with zero attached hydrogens (tertiary/aromatic N) is 1. The van der Waals surface area contributed by atoms with Crippen LogP contribution in [0.15, 0.2) is 18.2 Å². The molecule has 1 aromatic rings. The SMILES string of the molecule is Oc1ccc(CCCN2CCCC2)cc1Cl. The Labute approximate surface area is 102 Å². The average Bonchev–Trinajstić information content (AvgIpc) is 2.76. The molecule has 0 spiro atoms. The van der Waals surface area contributed by atoms with Gasteiger partial charge >= 0.3 is 0 Å². The maximum absolute atomic E-state index is 9.30. The molecule has 16 heavy (non-hydrogen) atoms. The lowest BCUT2D eigenvalue weighted by atomic mass is 10.1. The summed E-state index contributed by atoms with van der Waals surface area (Å²) < 4.78 is 0. The van der Waals surface area contributed by atoms with Gasteiger partial charge < -0.3 is 10.0 Å². The molecule has 0 aromatic heterocycles. The molecule has 2 nitrogen and oxygen atoms in total. The predicted molar refractivity (Wildman–Crippen MR) is 67.1 cm³/mol. The Morgan fingerprint density at radius 3 is 2.69 bits per heavy atom. The summed E-state index contributed by atoms with van der Waals surface area (Å²) in [5, 5.41) is 9.76. The van der Waals surface area contributed by atoms with Gasteiger partial charge in [-0.1, -0.05) is 17.7 Å². The van der Waals surface area contributed by atoms with E-state index in [9.17, 15) is 5.11 Å². The third kappa shape index (κ3) is 3.13. The quantitative estimate of drug-likeness (QED) is 0.873. The van der Waals surface area contributed by atoms with Crippen molar-refractivity contribution in [1.29, 1.82) is 0 Å². The van der Waals surface area contributed by atoms with Gasteiger partial charge in [-0.05, 0) is 63.0 Å². The van der Waals surface area contributed by atoms with Crippen molar-refractivity contribution in [2.45, 2.75) is 25.7 Å². The maximum atomic E-state index is 9.30. The van der Waals surface area contributed by atoms with E-state index in [0.29, 0.717) is 5.02 Å². The maximum Gasteiger partial charge on any atom is 0.134 e. The Balaban J connectivity index is 1.78. The van der Waals surface area contributed by atoms with Crippen molar-refractivity contribution >= 4 is 11.6 Å². The molecular formula is C13H18ClNO. The Hall–Kier alpha value is -0.730. The lowest BCUT2D eigenvalue weighted by molar-refractivity contribution is 0.334. The van der Waals surface area contributed by atoms with Gasteiger partial charge in [0, 0.05) is 0 Å². The zero-order valence-electron chi connectivity index (χ0n) is 9.45. The van der Waals surface area contributed by atoms with Crippen LogP contribution < -0.4 is 0 Å². The number of hydrogen-bond donors (Lipinski definition) is 1. The van der Waals surface area contributed by atoms with Crippen LogP contribution in [0.3, 0.4) is 0 Å². The Morgan fingerprint density at radius 1 is 1.25 bits per heavy atom. The van der Waals surface area contributed by atoms with Crippen molar-refractivity contribution in [1.82, 2.24) is 4.90 Å². The van der Waals surface area contributed by atoms with E-state index >= 15 is 0 Å². The molecule has 0 unspecified atom stereocenters. The first-order chi connectivity index (χ1) is 7.75. The van der Waals surface area contributed by atoms with Gasteiger partial charge in [0.05, 0.1) is 5.02 Å². The Kier molecular flexibility index (Phi) is 4.08. The molecule has 0 atom stereocenters. The van der Waals surface area contributed by atoms with Crippen LogP contribution >= 0.6 is 11.6 Å². The van der Waals surface area contributed by atoms with Gasteiger partial charge in [0.1, 0.15) is 5.75 Å². The number of rotatable bonds is 4. The average molecular weight is 240 g/mol. The molecule has 1 heterocycles. The minimum absolute atomic E-state index is 0.171. The molecule has 1 fully saturated rings. The number of aryl methyl sites for hydroxylation is 1. The van der Waals surface area contributed by atoms with Crippen molar-refractivity contribution in [3.05, 3.63) is 28.8 Å². The molecule has 1 saturated heterocycles. The molecular weight excluding hydrogens is 222 g/mol. The summed E-state index contributed by atoms with van der Waals surface area (Å²) in [6.45, 7) is 3.70. The molecule has 1 aliphatic heterocycles. The number of phenols is 1. The minimum atomic E-state index is 0.171. The highest BCUT2D eigenvalue weighted by Crippen LogP contribution is 2.24. The molecule has 1 aromatic carbocycles. The van der Waals surface area contributed by atoms with Crippen molar-refractivity contribution in [2.24, 2.45) is 0 Å². The van der Waals surface area contributed by atoms with Gasteiger partial charge in [-0.25, -0.2) is 0 Å². The number of benzene rings is 1. The predicted octanol–water partition coefficient (Wildman–Crippen LogP) is 3.07. The van der Waals surface area contributed by atoms with Crippen LogP contribution in [0.25, 0.3) is 0 Å². The first kappa shape index (κ1) is 11.7. The monoisotopic (exact) mass is 239 g/mol. The molecule has 3 heteroatoms. The van der Waals surface area contributed by atoms with Crippen molar-refractivity contribution in [3.8, 4) is 5.75 Å². The normalized spacial score (nSPS) is 16.8. The van der Waals surface area contributed by atoms with Gasteiger partial charge in [0.15, 0.2) is 0 Å². The first-order valence-corrected chi connectivity index (χ1v) is 6.33. The fourth-order valence-corrected chi connectivity index (χ4v) is 2.42. The fraction of sp³-hybridized carbons (Fsp3) is 0.538. The van der Waals surface area contributed by atoms with Gasteiger partial charge in [-0.2, -0.15) is 0 Å². The number of likely N-dealkylation sites (tertiary alicyclic amines) is 1. The highest BCUT2D eigenvalue weighted by Gasteiger charge is 2.10. The second-order valence-electron chi connectivity index (χ2n) is 4.44. The highest BCUT2D eigenvalue weighted by atomic mass is 35.5. The molecule has 0 amide bonds. The van der Waals surface area contributed by atoms with Crippen molar-refractivity contribution < 1.29 is 5.11 Å². The smallest absolute Gasteiger partial charge is 0.134 e. The molecule has 0 aliphatic carbocycles. The van der Waals surface area contributed by atoms with E-state index in [2.05, 4.69) is 4.90 Å². The molecule has 2 rings (SSSR count). The minimum Gasteiger partial charge on any atom is -0.506 e. The highest BCUT2D eigenvalue weighted by molar-refractivity contribution is 6.32. The fourth-order valence-electron chi connectivity index (χ4n) is 2.22. The van der Waals surface area contributed by atoms with Crippen LogP contribution in [0.4, 0.5) is 0 Å². The number of hydrogen-bond acceptors (Lipinski definition) is 2. The van der Waals surface area contributed by atoms with E-state index in [1.165, 1.54) is 44.5 Å². The molecule has 88 valence electrons. The third-order valence-electron chi connectivity index (χ3n) is 3.15. The summed E-state index contributed by atoms with van der Waals surface area (Å²) in [5.74, 6) is 0.171.